The van der Waals surface area contributed by atoms with Crippen LogP contribution in [0.3, 0.4) is 0 Å². The molecular weight excluding hydrogens is 374 g/mol. The first-order chi connectivity index (χ1) is 14.0. The summed E-state index contributed by atoms with van der Waals surface area (Å²) >= 11 is 0. The van der Waals surface area contributed by atoms with Crippen LogP contribution in [0.25, 0.3) is 11.5 Å². The molecule has 0 aliphatic carbocycles. The number of morpholine rings is 2. The van der Waals surface area contributed by atoms with E-state index in [4.69, 9.17) is 29.2 Å². The smallest absolute Gasteiger partial charge is 0.317 e. The minimum atomic E-state index is -0.393. The first-order valence-electron chi connectivity index (χ1n) is 9.92. The Labute approximate surface area is 170 Å². The first kappa shape index (κ1) is 19.7. The van der Waals surface area contributed by atoms with Crippen molar-refractivity contribution in [2.24, 2.45) is 0 Å². The van der Waals surface area contributed by atoms with Crippen LogP contribution < -0.4 is 14.5 Å². The van der Waals surface area contributed by atoms with Gasteiger partial charge in [0.05, 0.1) is 26.4 Å². The normalized spacial score (nSPS) is 18.0. The molecule has 2 aliphatic heterocycles. The zero-order chi connectivity index (χ0) is 20.3. The molecule has 0 spiro atoms. The molecule has 4 heterocycles. The second-order valence-corrected chi connectivity index (χ2v) is 7.90. The fourth-order valence-corrected chi connectivity index (χ4v) is 3.07. The highest BCUT2D eigenvalue weighted by Gasteiger charge is 2.22. The second-order valence-electron chi connectivity index (χ2n) is 7.90. The van der Waals surface area contributed by atoms with Crippen molar-refractivity contribution in [1.29, 1.82) is 0 Å². The third-order valence-corrected chi connectivity index (χ3v) is 4.46. The van der Waals surface area contributed by atoms with Crippen molar-refractivity contribution < 1.29 is 14.2 Å². The highest BCUT2D eigenvalue weighted by atomic mass is 16.5. The molecule has 0 N–H and O–H groups in total. The van der Waals surface area contributed by atoms with Crippen molar-refractivity contribution in [2.75, 3.05) is 62.4 Å². The van der Waals surface area contributed by atoms with Gasteiger partial charge in [-0.3, -0.25) is 0 Å². The number of hydrogen-bond acceptors (Lipinski definition) is 10. The van der Waals surface area contributed by atoms with Gasteiger partial charge in [0.25, 0.3) is 0 Å². The number of hydrogen-bond donors (Lipinski definition) is 0. The second kappa shape index (κ2) is 8.42. The van der Waals surface area contributed by atoms with E-state index >= 15 is 0 Å². The SMILES string of the molecule is CC(C)(C)Oc1nccc(-c2nc(N3CCOCC3)nc(N3CCOCC3)n2)n1. The number of nitrogens with zero attached hydrogens (tertiary/aromatic N) is 7. The van der Waals surface area contributed by atoms with E-state index in [-0.39, 0.29) is 0 Å². The van der Waals surface area contributed by atoms with Crippen LogP contribution in [0, 0.1) is 0 Å². The number of ether oxygens (including phenoxy) is 3. The summed E-state index contributed by atoms with van der Waals surface area (Å²) in [7, 11) is 0. The van der Waals surface area contributed by atoms with Gasteiger partial charge < -0.3 is 24.0 Å². The van der Waals surface area contributed by atoms with E-state index in [1.807, 2.05) is 20.8 Å². The van der Waals surface area contributed by atoms with Gasteiger partial charge in [0, 0.05) is 32.4 Å². The van der Waals surface area contributed by atoms with Crippen molar-refractivity contribution in [2.45, 2.75) is 26.4 Å². The van der Waals surface area contributed by atoms with E-state index in [0.717, 1.165) is 26.2 Å². The van der Waals surface area contributed by atoms with Crippen LogP contribution in [0.5, 0.6) is 6.01 Å². The van der Waals surface area contributed by atoms with E-state index in [2.05, 4.69) is 19.8 Å². The largest absolute Gasteiger partial charge is 0.458 e. The first-order valence-corrected chi connectivity index (χ1v) is 9.92. The van der Waals surface area contributed by atoms with E-state index in [1.165, 1.54) is 0 Å². The molecule has 10 heteroatoms. The Morgan fingerprint density at radius 3 is 1.90 bits per heavy atom. The topological polar surface area (TPSA) is 98.6 Å². The van der Waals surface area contributed by atoms with Crippen LogP contribution in [0.4, 0.5) is 11.9 Å². The van der Waals surface area contributed by atoms with E-state index in [9.17, 15) is 0 Å². The summed E-state index contributed by atoms with van der Waals surface area (Å²) in [4.78, 5) is 27.1. The molecule has 29 heavy (non-hydrogen) atoms. The Bertz CT molecular complexity index is 795. The number of anilines is 2. The van der Waals surface area contributed by atoms with E-state index < -0.39 is 5.60 Å². The molecule has 2 fully saturated rings. The van der Waals surface area contributed by atoms with Crippen LogP contribution >= 0.6 is 0 Å². The maximum atomic E-state index is 5.81. The maximum absolute atomic E-state index is 5.81. The lowest BCUT2D eigenvalue weighted by Crippen LogP contribution is -2.40. The Morgan fingerprint density at radius 1 is 0.828 bits per heavy atom. The number of aromatic nitrogens is 5. The van der Waals surface area contributed by atoms with Gasteiger partial charge in [0.1, 0.15) is 11.3 Å². The van der Waals surface area contributed by atoms with Gasteiger partial charge >= 0.3 is 6.01 Å². The lowest BCUT2D eigenvalue weighted by atomic mass is 10.2. The van der Waals surface area contributed by atoms with Crippen molar-refractivity contribution in [1.82, 2.24) is 24.9 Å². The van der Waals surface area contributed by atoms with Crippen molar-refractivity contribution in [3.05, 3.63) is 12.3 Å². The molecule has 4 rings (SSSR count). The Morgan fingerprint density at radius 2 is 1.38 bits per heavy atom. The average molecular weight is 401 g/mol. The summed E-state index contributed by atoms with van der Waals surface area (Å²) in [5, 5.41) is 0. The monoisotopic (exact) mass is 401 g/mol. The molecule has 0 atom stereocenters. The van der Waals surface area contributed by atoms with Crippen molar-refractivity contribution in [3.8, 4) is 17.5 Å². The zero-order valence-corrected chi connectivity index (χ0v) is 17.2. The lowest BCUT2D eigenvalue weighted by molar-refractivity contribution is 0.117. The fraction of sp³-hybridized carbons (Fsp3) is 0.632. The maximum Gasteiger partial charge on any atom is 0.317 e. The summed E-state index contributed by atoms with van der Waals surface area (Å²) in [5.74, 6) is 1.78. The summed E-state index contributed by atoms with van der Waals surface area (Å²) in [6.45, 7) is 11.5. The molecule has 0 amide bonds. The van der Waals surface area contributed by atoms with Crippen LogP contribution in [0.15, 0.2) is 12.3 Å². The van der Waals surface area contributed by atoms with Gasteiger partial charge in [-0.1, -0.05) is 0 Å². The minimum absolute atomic E-state index is 0.302. The van der Waals surface area contributed by atoms with E-state index in [1.54, 1.807) is 12.3 Å². The highest BCUT2D eigenvalue weighted by Crippen LogP contribution is 2.23. The predicted molar refractivity (Wildman–Crippen MR) is 107 cm³/mol. The average Bonchev–Trinajstić information content (AvgIpc) is 2.74. The molecule has 0 bridgehead atoms. The Hall–Kier alpha value is -2.59. The molecule has 2 aromatic heterocycles. The summed E-state index contributed by atoms with van der Waals surface area (Å²) < 4.78 is 16.7. The van der Waals surface area contributed by atoms with Gasteiger partial charge in [-0.25, -0.2) is 4.98 Å². The predicted octanol–water partition coefficient (Wildman–Crippen LogP) is 1.18. The third-order valence-electron chi connectivity index (χ3n) is 4.46. The molecular formula is C19H27N7O3. The summed E-state index contributed by atoms with van der Waals surface area (Å²) in [6, 6.07) is 2.09. The highest BCUT2D eigenvalue weighted by molar-refractivity contribution is 5.54. The molecule has 2 aliphatic rings. The molecule has 2 saturated heterocycles. The van der Waals surface area contributed by atoms with E-state index in [0.29, 0.717) is 55.9 Å². The quantitative estimate of drug-likeness (QED) is 0.742. The molecule has 156 valence electrons. The van der Waals surface area contributed by atoms with Gasteiger partial charge in [0.15, 0.2) is 5.82 Å². The Balaban J connectivity index is 1.70. The Kier molecular flexibility index (Phi) is 5.72. The van der Waals surface area contributed by atoms with Gasteiger partial charge in [-0.05, 0) is 26.8 Å². The third kappa shape index (κ3) is 5.07. The van der Waals surface area contributed by atoms with Crippen LogP contribution in [-0.4, -0.2) is 83.1 Å². The standard InChI is InChI=1S/C19H27N7O3/c1-19(2,3)29-18-20-5-4-14(21-18)15-22-16(25-6-10-27-11-7-25)24-17(23-15)26-8-12-28-13-9-26/h4-5H,6-13H2,1-3H3. The zero-order valence-electron chi connectivity index (χ0n) is 17.2. The van der Waals surface area contributed by atoms with Crippen LogP contribution in [0.1, 0.15) is 20.8 Å². The molecule has 0 aromatic carbocycles. The van der Waals surface area contributed by atoms with Crippen LogP contribution in [0.2, 0.25) is 0 Å². The number of rotatable bonds is 4. The molecule has 2 aromatic rings. The van der Waals surface area contributed by atoms with Gasteiger partial charge in [-0.15, -0.1) is 0 Å². The lowest BCUT2D eigenvalue weighted by Gasteiger charge is -2.30. The van der Waals surface area contributed by atoms with Gasteiger partial charge in [0.2, 0.25) is 11.9 Å². The summed E-state index contributed by atoms with van der Waals surface area (Å²) in [6.07, 6.45) is 1.66. The van der Waals surface area contributed by atoms with Crippen molar-refractivity contribution >= 4 is 11.9 Å². The van der Waals surface area contributed by atoms with Gasteiger partial charge in [-0.2, -0.15) is 19.9 Å². The molecule has 0 unspecified atom stereocenters. The fourth-order valence-electron chi connectivity index (χ4n) is 3.07. The summed E-state index contributed by atoms with van der Waals surface area (Å²) in [5.41, 5.74) is 0.209. The van der Waals surface area contributed by atoms with Crippen LogP contribution in [-0.2, 0) is 9.47 Å². The molecule has 0 radical (unpaired) electrons. The molecule has 0 saturated carbocycles. The van der Waals surface area contributed by atoms with Crippen molar-refractivity contribution in [3.63, 3.8) is 0 Å². The molecule has 10 nitrogen and oxygen atoms in total. The minimum Gasteiger partial charge on any atom is -0.458 e.